The van der Waals surface area contributed by atoms with Gasteiger partial charge in [0.25, 0.3) is 5.91 Å². The van der Waals surface area contributed by atoms with E-state index in [9.17, 15) is 9.59 Å². The molecule has 2 aromatic rings. The van der Waals surface area contributed by atoms with Crippen molar-refractivity contribution in [1.82, 2.24) is 0 Å². The quantitative estimate of drug-likeness (QED) is 0.209. The van der Waals surface area contributed by atoms with E-state index in [0.717, 1.165) is 0 Å². The predicted molar refractivity (Wildman–Crippen MR) is 94.0 cm³/mol. The normalized spacial score (nSPS) is 10.7. The molecule has 1 amide bonds. The van der Waals surface area contributed by atoms with Crippen LogP contribution in [0.2, 0.25) is 5.02 Å². The molecule has 0 aromatic heterocycles. The Hall–Kier alpha value is -3.08. The maximum atomic E-state index is 12.4. The number of nitrogens with one attached hydrogen (secondary N) is 1. The van der Waals surface area contributed by atoms with Gasteiger partial charge in [0.15, 0.2) is 5.78 Å². The number of carbonyl (C=O) groups is 2. The van der Waals surface area contributed by atoms with E-state index in [0.29, 0.717) is 22.0 Å². The van der Waals surface area contributed by atoms with Crippen molar-refractivity contribution in [2.75, 3.05) is 5.32 Å². The van der Waals surface area contributed by atoms with Crippen molar-refractivity contribution >= 4 is 40.7 Å². The zero-order chi connectivity index (χ0) is 17.5. The Morgan fingerprint density at radius 3 is 2.46 bits per heavy atom. The molecule has 0 aliphatic rings. The molecule has 0 saturated carbocycles. The molecule has 0 radical (unpaired) electrons. The summed E-state index contributed by atoms with van der Waals surface area (Å²) >= 11 is 5.80. The molecule has 0 aliphatic carbocycles. The molecule has 2 rings (SSSR count). The van der Waals surface area contributed by atoms with Crippen LogP contribution in [0.3, 0.4) is 0 Å². The maximum absolute atomic E-state index is 12.4. The van der Waals surface area contributed by atoms with Gasteiger partial charge in [-0.1, -0.05) is 41.0 Å². The fourth-order valence-corrected chi connectivity index (χ4v) is 2.09. The summed E-state index contributed by atoms with van der Waals surface area (Å²) in [6.45, 7) is 1.30. The van der Waals surface area contributed by atoms with Gasteiger partial charge in [-0.25, -0.2) is 0 Å². The van der Waals surface area contributed by atoms with E-state index in [1.165, 1.54) is 13.0 Å². The maximum Gasteiger partial charge on any atom is 0.259 e. The molecule has 7 heteroatoms. The molecule has 0 fully saturated rings. The lowest BCUT2D eigenvalue weighted by atomic mass is 10.1. The second-order valence-electron chi connectivity index (χ2n) is 4.82. The molecule has 1 N–H and O–H groups in total. The summed E-state index contributed by atoms with van der Waals surface area (Å²) in [6, 6.07) is 13.2. The molecule has 24 heavy (non-hydrogen) atoms. The van der Waals surface area contributed by atoms with Crippen LogP contribution in [-0.4, -0.2) is 11.7 Å². The number of anilines is 1. The van der Waals surface area contributed by atoms with E-state index in [4.69, 9.17) is 17.1 Å². The van der Waals surface area contributed by atoms with Gasteiger partial charge in [0.2, 0.25) is 0 Å². The second kappa shape index (κ2) is 7.97. The van der Waals surface area contributed by atoms with E-state index in [-0.39, 0.29) is 5.57 Å². The number of hydrogen-bond donors (Lipinski definition) is 1. The van der Waals surface area contributed by atoms with Crippen molar-refractivity contribution in [1.29, 1.82) is 0 Å². The van der Waals surface area contributed by atoms with Crippen molar-refractivity contribution in [3.05, 3.63) is 75.1 Å². The van der Waals surface area contributed by atoms with E-state index in [2.05, 4.69) is 15.3 Å². The van der Waals surface area contributed by atoms with Crippen LogP contribution in [0.4, 0.5) is 11.4 Å². The van der Waals surface area contributed by atoms with Gasteiger partial charge in [-0.05, 0) is 48.4 Å². The first kappa shape index (κ1) is 17.3. The van der Waals surface area contributed by atoms with Crippen LogP contribution < -0.4 is 5.32 Å². The van der Waals surface area contributed by atoms with Crippen LogP contribution in [-0.2, 0) is 9.59 Å². The third-order valence-corrected chi connectivity index (χ3v) is 3.37. The number of ketones is 1. The zero-order valence-corrected chi connectivity index (χ0v) is 13.5. The average molecular weight is 341 g/mol. The Kier molecular flexibility index (Phi) is 5.73. The molecule has 120 valence electrons. The molecule has 0 unspecified atom stereocenters. The number of azide groups is 1. The Bertz CT molecular complexity index is 853. The minimum Gasteiger partial charge on any atom is -0.322 e. The Labute approximate surface area is 143 Å². The Balaban J connectivity index is 2.35. The van der Waals surface area contributed by atoms with Crippen molar-refractivity contribution in [3.8, 4) is 0 Å². The highest BCUT2D eigenvalue weighted by molar-refractivity contribution is 6.30. The van der Waals surface area contributed by atoms with E-state index in [1.807, 2.05) is 0 Å². The van der Waals surface area contributed by atoms with Crippen LogP contribution in [0.15, 0.2) is 59.2 Å². The fourth-order valence-electron chi connectivity index (χ4n) is 1.96. The van der Waals surface area contributed by atoms with Crippen molar-refractivity contribution < 1.29 is 9.59 Å². The third-order valence-electron chi connectivity index (χ3n) is 3.12. The van der Waals surface area contributed by atoms with E-state index < -0.39 is 11.7 Å². The molecule has 0 bridgehead atoms. The van der Waals surface area contributed by atoms with Crippen molar-refractivity contribution in [3.63, 3.8) is 0 Å². The number of amides is 1. The van der Waals surface area contributed by atoms with E-state index in [1.54, 1.807) is 48.5 Å². The highest BCUT2D eigenvalue weighted by Gasteiger charge is 2.15. The molecular weight excluding hydrogens is 328 g/mol. The highest BCUT2D eigenvalue weighted by atomic mass is 35.5. The van der Waals surface area contributed by atoms with Gasteiger partial charge < -0.3 is 5.32 Å². The molecular formula is C17H13ClN4O2. The van der Waals surface area contributed by atoms with Crippen LogP contribution in [0, 0.1) is 0 Å². The predicted octanol–water partition coefficient (Wildman–Crippen LogP) is 4.89. The summed E-state index contributed by atoms with van der Waals surface area (Å²) in [5.74, 6) is -0.960. The topological polar surface area (TPSA) is 94.9 Å². The molecule has 6 nitrogen and oxygen atoms in total. The third kappa shape index (κ3) is 4.46. The van der Waals surface area contributed by atoms with Crippen LogP contribution in [0.5, 0.6) is 0 Å². The van der Waals surface area contributed by atoms with Crippen LogP contribution >= 0.6 is 11.6 Å². The van der Waals surface area contributed by atoms with Gasteiger partial charge in [0.05, 0.1) is 5.57 Å². The number of benzene rings is 2. The summed E-state index contributed by atoms with van der Waals surface area (Å²) in [5, 5.41) is 6.72. The smallest absolute Gasteiger partial charge is 0.259 e. The van der Waals surface area contributed by atoms with Crippen molar-refractivity contribution in [2.24, 2.45) is 5.11 Å². The molecule has 0 spiro atoms. The average Bonchev–Trinajstić information content (AvgIpc) is 2.56. The largest absolute Gasteiger partial charge is 0.322 e. The van der Waals surface area contributed by atoms with Gasteiger partial charge in [0, 0.05) is 21.3 Å². The lowest BCUT2D eigenvalue weighted by Gasteiger charge is -2.08. The number of Topliss-reactive ketones (excluding diaryl/α,β-unsaturated/α-hetero) is 1. The van der Waals surface area contributed by atoms with E-state index >= 15 is 0 Å². The number of halogens is 1. The van der Waals surface area contributed by atoms with Gasteiger partial charge in [-0.3, -0.25) is 9.59 Å². The monoisotopic (exact) mass is 340 g/mol. The molecule has 0 heterocycles. The summed E-state index contributed by atoms with van der Waals surface area (Å²) in [6.07, 6.45) is 1.40. The second-order valence-corrected chi connectivity index (χ2v) is 5.26. The summed E-state index contributed by atoms with van der Waals surface area (Å²) < 4.78 is 0. The van der Waals surface area contributed by atoms with Gasteiger partial charge in [-0.15, -0.1) is 0 Å². The number of carbonyl (C=O) groups excluding carboxylic acids is 2. The minimum absolute atomic E-state index is 0.0504. The Morgan fingerprint density at radius 2 is 1.83 bits per heavy atom. The highest BCUT2D eigenvalue weighted by Crippen LogP contribution is 2.22. The zero-order valence-electron chi connectivity index (χ0n) is 12.7. The fraction of sp³-hybridized carbons (Fsp3) is 0.0588. The number of hydrogen-bond acceptors (Lipinski definition) is 3. The minimum atomic E-state index is -0.555. The molecule has 0 aliphatic heterocycles. The molecule has 0 atom stereocenters. The van der Waals surface area contributed by atoms with Gasteiger partial charge >= 0.3 is 0 Å². The van der Waals surface area contributed by atoms with Crippen LogP contribution in [0.1, 0.15) is 12.5 Å². The summed E-state index contributed by atoms with van der Waals surface area (Å²) in [4.78, 5) is 27.0. The summed E-state index contributed by atoms with van der Waals surface area (Å²) in [7, 11) is 0. The number of rotatable bonds is 5. The first-order valence-corrected chi connectivity index (χ1v) is 7.32. The molecule has 2 aromatic carbocycles. The summed E-state index contributed by atoms with van der Waals surface area (Å²) in [5.41, 5.74) is 9.87. The Morgan fingerprint density at radius 1 is 1.17 bits per heavy atom. The SMILES string of the molecule is CC(=O)/C(=C\c1ccccc1N=[N+]=[N-])C(=O)Nc1ccc(Cl)cc1. The first-order valence-electron chi connectivity index (χ1n) is 6.95. The lowest BCUT2D eigenvalue weighted by molar-refractivity contribution is -0.118. The standard InChI is InChI=1S/C17H13ClN4O2/c1-11(23)15(10-12-4-2-3-5-16(12)21-22-19)17(24)20-14-8-6-13(18)7-9-14/h2-10H,1H3,(H,20,24)/b15-10+. The first-order chi connectivity index (χ1) is 11.5. The number of nitrogens with zero attached hydrogens (tertiary/aromatic N) is 3. The lowest BCUT2D eigenvalue weighted by Crippen LogP contribution is -2.18. The van der Waals surface area contributed by atoms with Gasteiger partial charge in [-0.2, -0.15) is 0 Å². The van der Waals surface area contributed by atoms with Crippen LogP contribution in [0.25, 0.3) is 16.5 Å². The molecule has 0 saturated heterocycles. The van der Waals surface area contributed by atoms with Gasteiger partial charge in [0.1, 0.15) is 0 Å². The van der Waals surface area contributed by atoms with Crippen molar-refractivity contribution in [2.45, 2.75) is 6.92 Å².